The van der Waals surface area contributed by atoms with E-state index in [1.807, 2.05) is 25.1 Å². The molecule has 0 aromatic heterocycles. The lowest BCUT2D eigenvalue weighted by Gasteiger charge is -2.25. The number of carbonyl (C=O) groups is 1. The van der Waals surface area contributed by atoms with E-state index in [2.05, 4.69) is 4.90 Å². The molecule has 0 bridgehead atoms. The van der Waals surface area contributed by atoms with Crippen molar-refractivity contribution in [3.05, 3.63) is 59.4 Å². The van der Waals surface area contributed by atoms with E-state index in [4.69, 9.17) is 15.2 Å². The number of ether oxygens (including phenoxy) is 2. The average Bonchev–Trinajstić information content (AvgIpc) is 3.09. The van der Waals surface area contributed by atoms with Gasteiger partial charge in [-0.15, -0.1) is 0 Å². The van der Waals surface area contributed by atoms with Crippen molar-refractivity contribution >= 4 is 5.91 Å². The number of hydrogen-bond acceptors (Lipinski definition) is 4. The molecule has 0 radical (unpaired) electrons. The summed E-state index contributed by atoms with van der Waals surface area (Å²) in [6.45, 7) is 3.90. The molecular weight excluding hydrogens is 347 g/mol. The lowest BCUT2D eigenvalue weighted by molar-refractivity contribution is -0.119. The molecule has 3 rings (SSSR count). The summed E-state index contributed by atoms with van der Waals surface area (Å²) in [7, 11) is 0. The zero-order valence-corrected chi connectivity index (χ0v) is 15.5. The second-order valence-electron chi connectivity index (χ2n) is 6.65. The summed E-state index contributed by atoms with van der Waals surface area (Å²) in [6, 6.07) is 12.7. The fourth-order valence-electron chi connectivity index (χ4n) is 3.53. The summed E-state index contributed by atoms with van der Waals surface area (Å²) in [6.07, 6.45) is 2.10. The fraction of sp³-hybridized carbons (Fsp3) is 0.381. The van der Waals surface area contributed by atoms with E-state index in [1.165, 1.54) is 6.07 Å². The van der Waals surface area contributed by atoms with Gasteiger partial charge in [-0.1, -0.05) is 18.2 Å². The van der Waals surface area contributed by atoms with Crippen LogP contribution in [0.25, 0.3) is 0 Å². The zero-order chi connectivity index (χ0) is 19.2. The van der Waals surface area contributed by atoms with Crippen LogP contribution >= 0.6 is 0 Å². The number of likely N-dealkylation sites (tertiary alicyclic amines) is 1. The number of hydrogen-bond donors (Lipinski definition) is 1. The highest BCUT2D eigenvalue weighted by atomic mass is 19.1. The third kappa shape index (κ3) is 4.98. The van der Waals surface area contributed by atoms with Crippen LogP contribution in [0, 0.1) is 5.82 Å². The second kappa shape index (κ2) is 8.86. The Morgan fingerprint density at radius 3 is 2.81 bits per heavy atom. The molecule has 2 aromatic rings. The lowest BCUT2D eigenvalue weighted by atomic mass is 10.0. The molecule has 27 heavy (non-hydrogen) atoms. The van der Waals surface area contributed by atoms with E-state index in [-0.39, 0.29) is 18.5 Å². The SMILES string of the molecule is CCOc1cc(CN2CCC[C@H]2c2cccc(F)c2)ccc1OCC(N)=O. The van der Waals surface area contributed by atoms with Crippen LogP contribution in [-0.2, 0) is 11.3 Å². The van der Waals surface area contributed by atoms with Gasteiger partial charge in [-0.05, 0) is 61.7 Å². The molecule has 2 N–H and O–H groups in total. The highest BCUT2D eigenvalue weighted by Gasteiger charge is 2.26. The molecule has 1 atom stereocenters. The summed E-state index contributed by atoms with van der Waals surface area (Å²) < 4.78 is 24.7. The van der Waals surface area contributed by atoms with Crippen LogP contribution in [0.2, 0.25) is 0 Å². The summed E-state index contributed by atoms with van der Waals surface area (Å²) in [4.78, 5) is 13.3. The van der Waals surface area contributed by atoms with Gasteiger partial charge in [0.2, 0.25) is 0 Å². The van der Waals surface area contributed by atoms with Gasteiger partial charge in [0.05, 0.1) is 6.61 Å². The molecule has 144 valence electrons. The van der Waals surface area contributed by atoms with Gasteiger partial charge in [0, 0.05) is 12.6 Å². The van der Waals surface area contributed by atoms with E-state index >= 15 is 0 Å². The molecule has 0 saturated carbocycles. The van der Waals surface area contributed by atoms with Gasteiger partial charge in [0.1, 0.15) is 5.82 Å². The van der Waals surface area contributed by atoms with Crippen LogP contribution in [0.1, 0.15) is 36.9 Å². The quantitative estimate of drug-likeness (QED) is 0.771. The van der Waals surface area contributed by atoms with Crippen molar-refractivity contribution in [1.29, 1.82) is 0 Å². The summed E-state index contributed by atoms with van der Waals surface area (Å²) >= 11 is 0. The first-order chi connectivity index (χ1) is 13.1. The molecular formula is C21H25FN2O3. The molecule has 1 amide bonds. The molecule has 1 saturated heterocycles. The second-order valence-corrected chi connectivity index (χ2v) is 6.65. The maximum Gasteiger partial charge on any atom is 0.255 e. The van der Waals surface area contributed by atoms with Gasteiger partial charge in [0.25, 0.3) is 5.91 Å². The number of primary amides is 1. The molecule has 1 heterocycles. The Balaban J connectivity index is 1.75. The van der Waals surface area contributed by atoms with Crippen LogP contribution in [-0.4, -0.2) is 30.6 Å². The number of halogens is 1. The molecule has 0 spiro atoms. The number of nitrogens with two attached hydrogens (primary N) is 1. The number of rotatable bonds is 8. The van der Waals surface area contributed by atoms with E-state index in [0.717, 1.165) is 37.1 Å². The number of carbonyl (C=O) groups excluding carboxylic acids is 1. The van der Waals surface area contributed by atoms with Gasteiger partial charge in [-0.2, -0.15) is 0 Å². The normalized spacial score (nSPS) is 17.0. The Hall–Kier alpha value is -2.60. The topological polar surface area (TPSA) is 64.8 Å². The van der Waals surface area contributed by atoms with Crippen molar-refractivity contribution in [3.8, 4) is 11.5 Å². The maximum atomic E-state index is 13.6. The fourth-order valence-corrected chi connectivity index (χ4v) is 3.53. The smallest absolute Gasteiger partial charge is 0.255 e. The van der Waals surface area contributed by atoms with Gasteiger partial charge >= 0.3 is 0 Å². The van der Waals surface area contributed by atoms with E-state index < -0.39 is 5.91 Å². The molecule has 0 unspecified atom stereocenters. The Bertz CT molecular complexity index is 797. The van der Waals surface area contributed by atoms with Gasteiger partial charge < -0.3 is 15.2 Å². The first-order valence-electron chi connectivity index (χ1n) is 9.23. The Labute approximate surface area is 158 Å². The number of nitrogens with zero attached hydrogens (tertiary/aromatic N) is 1. The van der Waals surface area contributed by atoms with Crippen molar-refractivity contribution in [1.82, 2.24) is 4.90 Å². The van der Waals surface area contributed by atoms with Crippen LogP contribution in [0.4, 0.5) is 4.39 Å². The number of amides is 1. The molecule has 6 heteroatoms. The van der Waals surface area contributed by atoms with Crippen LogP contribution < -0.4 is 15.2 Å². The first-order valence-corrected chi connectivity index (χ1v) is 9.23. The van der Waals surface area contributed by atoms with Crippen LogP contribution in [0.15, 0.2) is 42.5 Å². The van der Waals surface area contributed by atoms with Crippen molar-refractivity contribution in [3.63, 3.8) is 0 Å². The predicted molar refractivity (Wildman–Crippen MR) is 101 cm³/mol. The molecule has 1 aliphatic rings. The van der Waals surface area contributed by atoms with E-state index in [9.17, 15) is 9.18 Å². The van der Waals surface area contributed by atoms with Crippen molar-refractivity contribution in [2.75, 3.05) is 19.8 Å². The van der Waals surface area contributed by atoms with Crippen molar-refractivity contribution in [2.45, 2.75) is 32.4 Å². The Morgan fingerprint density at radius 1 is 1.22 bits per heavy atom. The summed E-state index contributed by atoms with van der Waals surface area (Å²) in [5, 5.41) is 0. The van der Waals surface area contributed by atoms with Crippen molar-refractivity contribution in [2.24, 2.45) is 5.73 Å². The Morgan fingerprint density at radius 2 is 2.07 bits per heavy atom. The third-order valence-electron chi connectivity index (χ3n) is 4.66. The molecule has 1 fully saturated rings. The average molecular weight is 372 g/mol. The predicted octanol–water partition coefficient (Wildman–Crippen LogP) is 3.43. The van der Waals surface area contributed by atoms with Gasteiger partial charge in [-0.3, -0.25) is 9.69 Å². The largest absolute Gasteiger partial charge is 0.490 e. The minimum Gasteiger partial charge on any atom is -0.490 e. The lowest BCUT2D eigenvalue weighted by Crippen LogP contribution is -2.23. The summed E-state index contributed by atoms with van der Waals surface area (Å²) in [5.74, 6) is 0.366. The van der Waals surface area contributed by atoms with E-state index in [1.54, 1.807) is 18.2 Å². The minimum absolute atomic E-state index is 0.187. The standard InChI is InChI=1S/C21H25FN2O3/c1-2-26-20-11-15(8-9-19(20)27-14-21(23)25)13-24-10-4-7-18(24)16-5-3-6-17(22)12-16/h3,5-6,8-9,11-12,18H,2,4,7,10,13-14H2,1H3,(H2,23,25)/t18-/m0/s1. The molecule has 1 aliphatic heterocycles. The zero-order valence-electron chi connectivity index (χ0n) is 15.5. The van der Waals surface area contributed by atoms with Crippen LogP contribution in [0.5, 0.6) is 11.5 Å². The monoisotopic (exact) mass is 372 g/mol. The van der Waals surface area contributed by atoms with Crippen LogP contribution in [0.3, 0.4) is 0 Å². The highest BCUT2D eigenvalue weighted by molar-refractivity contribution is 5.75. The highest BCUT2D eigenvalue weighted by Crippen LogP contribution is 2.35. The minimum atomic E-state index is -0.531. The van der Waals surface area contributed by atoms with E-state index in [0.29, 0.717) is 18.1 Å². The van der Waals surface area contributed by atoms with Gasteiger partial charge in [-0.25, -0.2) is 4.39 Å². The Kier molecular flexibility index (Phi) is 6.29. The molecule has 5 nitrogen and oxygen atoms in total. The molecule has 2 aromatic carbocycles. The molecule has 0 aliphatic carbocycles. The maximum absolute atomic E-state index is 13.6. The first kappa shape index (κ1) is 19.2. The van der Waals surface area contributed by atoms with Crippen molar-refractivity contribution < 1.29 is 18.7 Å². The number of benzene rings is 2. The summed E-state index contributed by atoms with van der Waals surface area (Å²) in [5.41, 5.74) is 7.24. The third-order valence-corrected chi connectivity index (χ3v) is 4.66. The van der Waals surface area contributed by atoms with Gasteiger partial charge in [0.15, 0.2) is 18.1 Å².